The largest absolute Gasteiger partial charge is 0.299 e. The summed E-state index contributed by atoms with van der Waals surface area (Å²) in [6.07, 6.45) is 3.13. The quantitative estimate of drug-likeness (QED) is 0.610. The van der Waals surface area contributed by atoms with Gasteiger partial charge in [0.2, 0.25) is 0 Å². The summed E-state index contributed by atoms with van der Waals surface area (Å²) in [6.45, 7) is 3.47. The lowest BCUT2D eigenvalue weighted by atomic mass is 10.2. The van der Waals surface area contributed by atoms with E-state index in [1.807, 2.05) is 12.1 Å². The molecule has 0 fully saturated rings. The van der Waals surface area contributed by atoms with Crippen molar-refractivity contribution in [1.29, 1.82) is 5.41 Å². The third kappa shape index (κ3) is 1.29. The number of hydrogen-bond acceptors (Lipinski definition) is 2. The van der Waals surface area contributed by atoms with Crippen LogP contribution in [0.15, 0.2) is 37.1 Å². The zero-order valence-electron chi connectivity index (χ0n) is 5.54. The van der Waals surface area contributed by atoms with E-state index in [0.717, 1.165) is 0 Å². The summed E-state index contributed by atoms with van der Waals surface area (Å²) in [6, 6.07) is 5.45. The minimum Gasteiger partial charge on any atom is -0.299 e. The number of rotatable bonds is 2. The standard InChI is InChI=1S/C8H8N2/c1-2-7(9)8-5-3-4-6-10-8/h2-6,9H,1H2. The van der Waals surface area contributed by atoms with Crippen molar-refractivity contribution in [3.05, 3.63) is 42.7 Å². The van der Waals surface area contributed by atoms with E-state index >= 15 is 0 Å². The minimum absolute atomic E-state index is 0.362. The summed E-state index contributed by atoms with van der Waals surface area (Å²) in [4.78, 5) is 3.95. The summed E-state index contributed by atoms with van der Waals surface area (Å²) in [5, 5.41) is 7.30. The van der Waals surface area contributed by atoms with Crippen LogP contribution in [0.25, 0.3) is 0 Å². The Labute approximate surface area is 59.7 Å². The molecule has 1 N–H and O–H groups in total. The van der Waals surface area contributed by atoms with Gasteiger partial charge in [-0.1, -0.05) is 12.6 Å². The van der Waals surface area contributed by atoms with E-state index in [2.05, 4.69) is 11.6 Å². The van der Waals surface area contributed by atoms with Crippen molar-refractivity contribution in [2.24, 2.45) is 0 Å². The van der Waals surface area contributed by atoms with E-state index in [-0.39, 0.29) is 0 Å². The van der Waals surface area contributed by atoms with Crippen LogP contribution in [0.3, 0.4) is 0 Å². The molecule has 0 radical (unpaired) electrons. The van der Waals surface area contributed by atoms with Crippen LogP contribution in [0, 0.1) is 5.41 Å². The molecule has 0 unspecified atom stereocenters. The monoisotopic (exact) mass is 132 g/mol. The van der Waals surface area contributed by atoms with E-state index < -0.39 is 0 Å². The van der Waals surface area contributed by atoms with Gasteiger partial charge in [-0.3, -0.25) is 10.4 Å². The van der Waals surface area contributed by atoms with Gasteiger partial charge >= 0.3 is 0 Å². The molecule has 0 aromatic carbocycles. The third-order valence-electron chi connectivity index (χ3n) is 1.14. The van der Waals surface area contributed by atoms with Gasteiger partial charge in [-0.25, -0.2) is 0 Å². The average Bonchev–Trinajstić information content (AvgIpc) is 2.05. The van der Waals surface area contributed by atoms with Gasteiger partial charge in [0.15, 0.2) is 0 Å². The first-order chi connectivity index (χ1) is 4.84. The van der Waals surface area contributed by atoms with E-state index in [4.69, 9.17) is 5.41 Å². The van der Waals surface area contributed by atoms with E-state index in [9.17, 15) is 0 Å². The number of hydrogen-bond donors (Lipinski definition) is 1. The normalized spacial score (nSPS) is 8.80. The summed E-state index contributed by atoms with van der Waals surface area (Å²) < 4.78 is 0. The Balaban J connectivity index is 2.95. The topological polar surface area (TPSA) is 36.7 Å². The molecule has 1 aromatic heterocycles. The van der Waals surface area contributed by atoms with Crippen molar-refractivity contribution in [1.82, 2.24) is 4.98 Å². The van der Waals surface area contributed by atoms with Crippen molar-refractivity contribution in [3.63, 3.8) is 0 Å². The molecule has 1 heterocycles. The molecule has 1 rings (SSSR count). The van der Waals surface area contributed by atoms with Crippen molar-refractivity contribution in [2.75, 3.05) is 0 Å². The summed E-state index contributed by atoms with van der Waals surface area (Å²) in [5.41, 5.74) is 1.03. The molecule has 0 aliphatic rings. The van der Waals surface area contributed by atoms with Crippen LogP contribution in [0.2, 0.25) is 0 Å². The van der Waals surface area contributed by atoms with Gasteiger partial charge in [-0.05, 0) is 18.2 Å². The molecule has 0 aliphatic heterocycles. The van der Waals surface area contributed by atoms with Crippen LogP contribution in [0.4, 0.5) is 0 Å². The Morgan fingerprint density at radius 2 is 2.40 bits per heavy atom. The van der Waals surface area contributed by atoms with Gasteiger partial charge in [0.1, 0.15) is 0 Å². The van der Waals surface area contributed by atoms with E-state index in [0.29, 0.717) is 11.4 Å². The lowest BCUT2D eigenvalue weighted by Crippen LogP contribution is -1.95. The van der Waals surface area contributed by atoms with Gasteiger partial charge in [-0.15, -0.1) is 0 Å². The maximum Gasteiger partial charge on any atom is 0.0878 e. The third-order valence-corrected chi connectivity index (χ3v) is 1.14. The van der Waals surface area contributed by atoms with Crippen molar-refractivity contribution < 1.29 is 0 Å². The second-order valence-electron chi connectivity index (χ2n) is 1.83. The molecule has 50 valence electrons. The lowest BCUT2D eigenvalue weighted by Gasteiger charge is -1.93. The maximum absolute atomic E-state index is 7.30. The van der Waals surface area contributed by atoms with Crippen LogP contribution in [0.5, 0.6) is 0 Å². The number of aromatic nitrogens is 1. The first-order valence-electron chi connectivity index (χ1n) is 2.97. The second kappa shape index (κ2) is 2.92. The molecule has 1 aromatic rings. The first-order valence-corrected chi connectivity index (χ1v) is 2.97. The number of pyridine rings is 1. The fourth-order valence-corrected chi connectivity index (χ4v) is 0.627. The molecule has 0 amide bonds. The van der Waals surface area contributed by atoms with Gasteiger partial charge in [0, 0.05) is 6.20 Å². The summed E-state index contributed by atoms with van der Waals surface area (Å²) in [7, 11) is 0. The maximum atomic E-state index is 7.30. The number of nitrogens with zero attached hydrogens (tertiary/aromatic N) is 1. The van der Waals surface area contributed by atoms with Gasteiger partial charge in [-0.2, -0.15) is 0 Å². The highest BCUT2D eigenvalue weighted by Gasteiger charge is 1.93. The molecule has 0 spiro atoms. The Bertz CT molecular complexity index is 239. The zero-order chi connectivity index (χ0) is 7.40. The Hall–Kier alpha value is -1.44. The molecule has 0 aliphatic carbocycles. The van der Waals surface area contributed by atoms with Crippen LogP contribution in [-0.4, -0.2) is 10.7 Å². The molecular formula is C8H8N2. The molecular weight excluding hydrogens is 124 g/mol. The van der Waals surface area contributed by atoms with Crippen LogP contribution in [-0.2, 0) is 0 Å². The molecule has 2 nitrogen and oxygen atoms in total. The molecule has 0 saturated heterocycles. The summed E-state index contributed by atoms with van der Waals surface area (Å²) >= 11 is 0. The van der Waals surface area contributed by atoms with Gasteiger partial charge in [0.25, 0.3) is 0 Å². The smallest absolute Gasteiger partial charge is 0.0878 e. The Morgan fingerprint density at radius 1 is 1.60 bits per heavy atom. The highest BCUT2D eigenvalue weighted by molar-refractivity contribution is 6.04. The van der Waals surface area contributed by atoms with E-state index in [1.54, 1.807) is 12.3 Å². The molecule has 10 heavy (non-hydrogen) atoms. The second-order valence-corrected chi connectivity index (χ2v) is 1.83. The highest BCUT2D eigenvalue weighted by atomic mass is 14.7. The predicted molar refractivity (Wildman–Crippen MR) is 41.3 cm³/mol. The van der Waals surface area contributed by atoms with Crippen molar-refractivity contribution in [2.45, 2.75) is 0 Å². The van der Waals surface area contributed by atoms with Crippen LogP contribution < -0.4 is 0 Å². The molecule has 0 atom stereocenters. The fraction of sp³-hybridized carbons (Fsp3) is 0. The molecule has 2 heteroatoms. The highest BCUT2D eigenvalue weighted by Crippen LogP contribution is 1.94. The summed E-state index contributed by atoms with van der Waals surface area (Å²) in [5.74, 6) is 0. The van der Waals surface area contributed by atoms with E-state index in [1.165, 1.54) is 6.08 Å². The molecule has 0 bridgehead atoms. The predicted octanol–water partition coefficient (Wildman–Crippen LogP) is 1.64. The van der Waals surface area contributed by atoms with Crippen molar-refractivity contribution >= 4 is 5.71 Å². The zero-order valence-corrected chi connectivity index (χ0v) is 5.54. The Kier molecular flexibility index (Phi) is 1.95. The number of allylic oxidation sites excluding steroid dienone is 1. The lowest BCUT2D eigenvalue weighted by molar-refractivity contribution is 1.28. The SMILES string of the molecule is C=CC(=N)c1ccccn1. The van der Waals surface area contributed by atoms with Gasteiger partial charge < -0.3 is 0 Å². The molecule has 0 saturated carbocycles. The minimum atomic E-state index is 0.362. The van der Waals surface area contributed by atoms with Crippen LogP contribution in [0.1, 0.15) is 5.69 Å². The van der Waals surface area contributed by atoms with Crippen LogP contribution >= 0.6 is 0 Å². The van der Waals surface area contributed by atoms with Gasteiger partial charge in [0.05, 0.1) is 11.4 Å². The van der Waals surface area contributed by atoms with Crippen molar-refractivity contribution in [3.8, 4) is 0 Å². The number of nitrogens with one attached hydrogen (secondary N) is 1. The fourth-order valence-electron chi connectivity index (χ4n) is 0.627. The average molecular weight is 132 g/mol. The Morgan fingerprint density at radius 3 is 2.90 bits per heavy atom. The first kappa shape index (κ1) is 6.68.